The summed E-state index contributed by atoms with van der Waals surface area (Å²) >= 11 is 0. The van der Waals surface area contributed by atoms with Crippen molar-refractivity contribution in [3.8, 4) is 17.0 Å². The largest absolute Gasteiger partial charge is 0.497 e. The van der Waals surface area contributed by atoms with Crippen LogP contribution in [0.1, 0.15) is 90.3 Å². The topological polar surface area (TPSA) is 109 Å². The average Bonchev–Trinajstić information content (AvgIpc) is 3.85. The number of carbonyl (C=O) groups is 1. The zero-order valence-corrected chi connectivity index (χ0v) is 31.5. The van der Waals surface area contributed by atoms with Crippen LogP contribution >= 0.6 is 0 Å². The van der Waals surface area contributed by atoms with Gasteiger partial charge in [0.05, 0.1) is 31.7 Å². The van der Waals surface area contributed by atoms with Crippen LogP contribution in [0.3, 0.4) is 0 Å². The van der Waals surface area contributed by atoms with Crippen LogP contribution in [0.5, 0.6) is 5.75 Å². The fourth-order valence-electron chi connectivity index (χ4n) is 9.33. The highest BCUT2D eigenvalue weighted by Crippen LogP contribution is 2.61. The molecular formula is C41H50N6O5S. The van der Waals surface area contributed by atoms with Gasteiger partial charge in [-0.25, -0.2) is 4.72 Å². The van der Waals surface area contributed by atoms with Gasteiger partial charge >= 0.3 is 10.2 Å². The maximum Gasteiger partial charge on any atom is 0.304 e. The molecule has 4 fully saturated rings. The Morgan fingerprint density at radius 2 is 1.75 bits per heavy atom. The van der Waals surface area contributed by atoms with Gasteiger partial charge in [-0.05, 0) is 97.7 Å². The number of hydrogen-bond acceptors (Lipinski definition) is 8. The SMILES string of the molecule is COc1ccc2c(c1)C1CC1(OCN1CCCN(Cc3cccnc3)CC1)Cn1c-2c(C2CCCCC2)c2ccc(C(=O)NS(=O)(=O)N3CCC3)cc21. The monoisotopic (exact) mass is 738 g/mol. The first kappa shape index (κ1) is 34.9. The fourth-order valence-corrected chi connectivity index (χ4v) is 10.5. The molecule has 2 aromatic carbocycles. The predicted octanol–water partition coefficient (Wildman–Crippen LogP) is 5.86. The number of fused-ring (bicyclic) bond motifs is 7. The molecule has 2 atom stereocenters. The van der Waals surface area contributed by atoms with Crippen molar-refractivity contribution in [1.29, 1.82) is 0 Å². The van der Waals surface area contributed by atoms with E-state index in [-0.39, 0.29) is 5.92 Å². The maximum atomic E-state index is 13.6. The third-order valence-corrected chi connectivity index (χ3v) is 13.9. The minimum Gasteiger partial charge on any atom is -0.497 e. The quantitative estimate of drug-likeness (QED) is 0.216. The van der Waals surface area contributed by atoms with Gasteiger partial charge in [0, 0.05) is 79.6 Å². The molecule has 9 rings (SSSR count). The standard InChI is InChI=1S/C41H50N6O5S/c1-51-32-12-14-33-35(23-32)36-24-41(36,52-28-45-17-6-16-44(20-21-45)26-29-8-5-15-42-25-29)27-47-37-22-31(40(48)43-53(49,50)46-18-7-19-46)11-13-34(37)38(39(33)47)30-9-3-2-4-10-30/h5,8,11-15,22-23,25,30,36H,2-4,6-7,9-10,16-21,24,26-28H2,1H3,(H,43,48). The summed E-state index contributed by atoms with van der Waals surface area (Å²) in [5.41, 5.74) is 7.18. The molecule has 1 amide bonds. The Kier molecular flexibility index (Phi) is 9.30. The number of carbonyl (C=O) groups excluding carboxylic acids is 1. The van der Waals surface area contributed by atoms with Crippen molar-refractivity contribution in [3.63, 3.8) is 0 Å². The summed E-state index contributed by atoms with van der Waals surface area (Å²) in [5, 5.41) is 1.14. The second-order valence-electron chi connectivity index (χ2n) is 15.8. The van der Waals surface area contributed by atoms with Gasteiger partial charge in [0.15, 0.2) is 0 Å². The molecule has 2 saturated heterocycles. The van der Waals surface area contributed by atoms with Crippen LogP contribution in [0.15, 0.2) is 60.9 Å². The van der Waals surface area contributed by atoms with Crippen LogP contribution in [-0.2, 0) is 28.0 Å². The highest BCUT2D eigenvalue weighted by Gasteiger charge is 2.59. The Bertz CT molecular complexity index is 2110. The van der Waals surface area contributed by atoms with Crippen molar-refractivity contribution in [2.45, 2.75) is 81.9 Å². The van der Waals surface area contributed by atoms with E-state index in [4.69, 9.17) is 9.47 Å². The molecular weight excluding hydrogens is 689 g/mol. The number of amides is 1. The Hall–Kier alpha value is -3.81. The van der Waals surface area contributed by atoms with E-state index in [9.17, 15) is 13.2 Å². The number of ether oxygens (including phenoxy) is 2. The number of hydrogen-bond donors (Lipinski definition) is 1. The summed E-state index contributed by atoms with van der Waals surface area (Å²) in [6, 6.07) is 16.4. The van der Waals surface area contributed by atoms with E-state index in [0.29, 0.717) is 37.8 Å². The molecule has 2 aliphatic carbocycles. The summed E-state index contributed by atoms with van der Waals surface area (Å²) < 4.78 is 44.8. The third kappa shape index (κ3) is 6.67. The van der Waals surface area contributed by atoms with Gasteiger partial charge in [-0.3, -0.25) is 19.6 Å². The van der Waals surface area contributed by atoms with Gasteiger partial charge in [-0.15, -0.1) is 0 Å². The highest BCUT2D eigenvalue weighted by molar-refractivity contribution is 7.87. The third-order valence-electron chi connectivity index (χ3n) is 12.4. The van der Waals surface area contributed by atoms with Crippen molar-refractivity contribution < 1.29 is 22.7 Å². The molecule has 0 spiro atoms. The van der Waals surface area contributed by atoms with Crippen molar-refractivity contribution in [2.75, 3.05) is 53.1 Å². The summed E-state index contributed by atoms with van der Waals surface area (Å²) in [4.78, 5) is 22.8. The second kappa shape index (κ2) is 14.1. The zero-order valence-electron chi connectivity index (χ0n) is 30.6. The van der Waals surface area contributed by atoms with E-state index in [1.807, 2.05) is 24.5 Å². The van der Waals surface area contributed by atoms with Crippen LogP contribution in [0, 0.1) is 0 Å². The van der Waals surface area contributed by atoms with Gasteiger partial charge in [0.2, 0.25) is 0 Å². The van der Waals surface area contributed by atoms with Crippen LogP contribution in [0.4, 0.5) is 0 Å². The summed E-state index contributed by atoms with van der Waals surface area (Å²) in [6.45, 7) is 6.94. The average molecular weight is 739 g/mol. The van der Waals surface area contributed by atoms with Gasteiger partial charge in [-0.2, -0.15) is 12.7 Å². The van der Waals surface area contributed by atoms with Gasteiger partial charge in [0.25, 0.3) is 5.91 Å². The molecule has 2 unspecified atom stereocenters. The molecule has 280 valence electrons. The summed E-state index contributed by atoms with van der Waals surface area (Å²) in [5.74, 6) is 0.865. The molecule has 0 bridgehead atoms. The van der Waals surface area contributed by atoms with Crippen LogP contribution in [0.25, 0.3) is 22.2 Å². The predicted molar refractivity (Wildman–Crippen MR) is 204 cm³/mol. The van der Waals surface area contributed by atoms with Crippen molar-refractivity contribution in [3.05, 3.63) is 83.2 Å². The lowest BCUT2D eigenvalue weighted by molar-refractivity contribution is -0.0464. The molecule has 12 heteroatoms. The number of benzene rings is 2. The Morgan fingerprint density at radius 3 is 2.53 bits per heavy atom. The molecule has 3 aliphatic heterocycles. The lowest BCUT2D eigenvalue weighted by Crippen LogP contribution is -2.49. The molecule has 4 aromatic rings. The van der Waals surface area contributed by atoms with Crippen molar-refractivity contribution >= 4 is 27.0 Å². The van der Waals surface area contributed by atoms with Crippen LogP contribution < -0.4 is 9.46 Å². The van der Waals surface area contributed by atoms with E-state index >= 15 is 0 Å². The Morgan fingerprint density at radius 1 is 0.943 bits per heavy atom. The van der Waals surface area contributed by atoms with E-state index in [2.05, 4.69) is 54.4 Å². The zero-order chi connectivity index (χ0) is 36.2. The van der Waals surface area contributed by atoms with Crippen molar-refractivity contribution in [1.82, 2.24) is 28.4 Å². The molecule has 0 radical (unpaired) electrons. The minimum absolute atomic E-state index is 0.212. The molecule has 11 nitrogen and oxygen atoms in total. The van der Waals surface area contributed by atoms with E-state index in [1.165, 1.54) is 51.5 Å². The molecule has 53 heavy (non-hydrogen) atoms. The first-order valence-electron chi connectivity index (χ1n) is 19.5. The number of nitrogens with zero attached hydrogens (tertiary/aromatic N) is 5. The normalized spacial score (nSPS) is 24.0. The number of aromatic nitrogens is 2. The molecule has 1 N–H and O–H groups in total. The van der Waals surface area contributed by atoms with E-state index < -0.39 is 21.7 Å². The lowest BCUT2D eigenvalue weighted by atomic mass is 9.81. The maximum absolute atomic E-state index is 13.6. The first-order chi connectivity index (χ1) is 25.8. The van der Waals surface area contributed by atoms with Gasteiger partial charge < -0.3 is 14.0 Å². The van der Waals surface area contributed by atoms with Crippen LogP contribution in [-0.4, -0.2) is 96.7 Å². The highest BCUT2D eigenvalue weighted by atomic mass is 32.2. The number of rotatable bonds is 10. The molecule has 5 heterocycles. The number of nitrogens with one attached hydrogen (secondary N) is 1. The van der Waals surface area contributed by atoms with Crippen LogP contribution in [0.2, 0.25) is 0 Å². The fraction of sp³-hybridized carbons (Fsp3) is 0.512. The summed E-state index contributed by atoms with van der Waals surface area (Å²) in [7, 11) is -2.15. The Balaban J connectivity index is 1.06. The first-order valence-corrected chi connectivity index (χ1v) is 20.9. The van der Waals surface area contributed by atoms with Gasteiger partial charge in [-0.1, -0.05) is 31.4 Å². The smallest absolute Gasteiger partial charge is 0.304 e. The van der Waals surface area contributed by atoms with Gasteiger partial charge in [0.1, 0.15) is 5.75 Å². The molecule has 5 aliphatic rings. The lowest BCUT2D eigenvalue weighted by Gasteiger charge is -2.29. The second-order valence-corrected chi connectivity index (χ2v) is 17.4. The van der Waals surface area contributed by atoms with E-state index in [0.717, 1.165) is 81.5 Å². The molecule has 2 saturated carbocycles. The Labute approximate surface area is 312 Å². The summed E-state index contributed by atoms with van der Waals surface area (Å²) in [6.07, 6.45) is 12.5. The minimum atomic E-state index is -3.87. The van der Waals surface area contributed by atoms with E-state index in [1.54, 1.807) is 13.2 Å². The van der Waals surface area contributed by atoms with Crippen molar-refractivity contribution in [2.24, 2.45) is 0 Å². The number of pyridine rings is 1. The molecule has 2 aromatic heterocycles. The number of methoxy groups -OCH3 is 1.